The summed E-state index contributed by atoms with van der Waals surface area (Å²) in [5, 5.41) is 7.34. The lowest BCUT2D eigenvalue weighted by molar-refractivity contribution is 0.00626. The molecule has 110 valence electrons. The van der Waals surface area contributed by atoms with Crippen LogP contribution in [0.15, 0.2) is 6.20 Å². The molecule has 0 saturated carbocycles. The van der Waals surface area contributed by atoms with E-state index in [9.17, 15) is 9.18 Å². The average Bonchev–Trinajstić information content (AvgIpc) is 2.78. The SMILES string of the molecule is CC.CCC(F)Cn1cc(C(=O)OC(C)(C)C)nn1. The van der Waals surface area contributed by atoms with Crippen molar-refractivity contribution in [3.05, 3.63) is 11.9 Å². The molecule has 0 aromatic carbocycles. The summed E-state index contributed by atoms with van der Waals surface area (Å²) in [5.41, 5.74) is -0.476. The fourth-order valence-electron chi connectivity index (χ4n) is 1.14. The van der Waals surface area contributed by atoms with E-state index >= 15 is 0 Å². The maximum Gasteiger partial charge on any atom is 0.361 e. The Balaban J connectivity index is 0.00000154. The highest BCUT2D eigenvalue weighted by molar-refractivity contribution is 5.86. The van der Waals surface area contributed by atoms with Gasteiger partial charge in [-0.1, -0.05) is 26.0 Å². The van der Waals surface area contributed by atoms with Crippen molar-refractivity contribution in [2.75, 3.05) is 0 Å². The second-order valence-corrected chi connectivity index (χ2v) is 4.83. The Morgan fingerprint density at radius 2 is 2.05 bits per heavy atom. The smallest absolute Gasteiger partial charge is 0.361 e. The summed E-state index contributed by atoms with van der Waals surface area (Å²) >= 11 is 0. The van der Waals surface area contributed by atoms with E-state index in [0.29, 0.717) is 6.42 Å². The predicted molar refractivity (Wildman–Crippen MR) is 71.7 cm³/mol. The van der Waals surface area contributed by atoms with Gasteiger partial charge in [0.2, 0.25) is 0 Å². The van der Waals surface area contributed by atoms with Crippen molar-refractivity contribution in [3.8, 4) is 0 Å². The number of carbonyl (C=O) groups excluding carboxylic acids is 1. The standard InChI is InChI=1S/C11H18FN3O2.C2H6/c1-5-8(12)6-15-7-9(13-14-15)10(16)17-11(2,3)4;1-2/h7-8H,5-6H2,1-4H3;1-2H3. The van der Waals surface area contributed by atoms with Gasteiger partial charge in [0.25, 0.3) is 0 Å². The maximum atomic E-state index is 13.1. The molecule has 6 heteroatoms. The monoisotopic (exact) mass is 273 g/mol. The third-order valence-corrected chi connectivity index (χ3v) is 1.97. The highest BCUT2D eigenvalue weighted by Crippen LogP contribution is 2.10. The highest BCUT2D eigenvalue weighted by atomic mass is 19.1. The molecule has 0 aliphatic carbocycles. The molecular formula is C13H24FN3O2. The van der Waals surface area contributed by atoms with Crippen LogP contribution in [-0.2, 0) is 11.3 Å². The third kappa shape index (κ3) is 6.88. The number of rotatable bonds is 4. The molecule has 1 aromatic rings. The summed E-state index contributed by atoms with van der Waals surface area (Å²) < 4.78 is 19.5. The molecule has 1 unspecified atom stereocenters. The molecule has 0 N–H and O–H groups in total. The Hall–Kier alpha value is -1.46. The second kappa shape index (κ2) is 7.86. The Morgan fingerprint density at radius 1 is 1.47 bits per heavy atom. The molecule has 0 amide bonds. The second-order valence-electron chi connectivity index (χ2n) is 4.83. The summed E-state index contributed by atoms with van der Waals surface area (Å²) in [5.74, 6) is -0.546. The zero-order valence-electron chi connectivity index (χ0n) is 12.6. The first-order valence-electron chi connectivity index (χ1n) is 6.59. The lowest BCUT2D eigenvalue weighted by Crippen LogP contribution is -2.24. The van der Waals surface area contributed by atoms with Crippen LogP contribution >= 0.6 is 0 Å². The Labute approximate surface area is 114 Å². The van der Waals surface area contributed by atoms with Crippen molar-refractivity contribution in [2.24, 2.45) is 0 Å². The van der Waals surface area contributed by atoms with Gasteiger partial charge in [0.1, 0.15) is 11.8 Å². The van der Waals surface area contributed by atoms with E-state index in [4.69, 9.17) is 4.74 Å². The van der Waals surface area contributed by atoms with Gasteiger partial charge in [0.15, 0.2) is 5.69 Å². The molecule has 0 aliphatic rings. The van der Waals surface area contributed by atoms with Crippen LogP contribution in [0.4, 0.5) is 4.39 Å². The van der Waals surface area contributed by atoms with E-state index in [1.165, 1.54) is 10.9 Å². The van der Waals surface area contributed by atoms with E-state index in [0.717, 1.165) is 0 Å². The van der Waals surface area contributed by atoms with E-state index in [1.54, 1.807) is 27.7 Å². The molecule has 5 nitrogen and oxygen atoms in total. The Morgan fingerprint density at radius 3 is 2.53 bits per heavy atom. The molecule has 0 saturated heterocycles. The molecule has 0 aliphatic heterocycles. The van der Waals surface area contributed by atoms with Crippen LogP contribution in [0.25, 0.3) is 0 Å². The summed E-state index contributed by atoms with van der Waals surface area (Å²) in [6.07, 6.45) is 0.820. The molecule has 0 fully saturated rings. The molecule has 19 heavy (non-hydrogen) atoms. The third-order valence-electron chi connectivity index (χ3n) is 1.97. The van der Waals surface area contributed by atoms with Crippen LogP contribution in [-0.4, -0.2) is 32.7 Å². The van der Waals surface area contributed by atoms with Gasteiger partial charge in [-0.15, -0.1) is 5.10 Å². The molecule has 1 atom stereocenters. The number of aromatic nitrogens is 3. The number of alkyl halides is 1. The van der Waals surface area contributed by atoms with Crippen molar-refractivity contribution in [3.63, 3.8) is 0 Å². The zero-order valence-corrected chi connectivity index (χ0v) is 12.6. The van der Waals surface area contributed by atoms with Gasteiger partial charge in [0.05, 0.1) is 12.7 Å². The van der Waals surface area contributed by atoms with Gasteiger partial charge in [-0.2, -0.15) is 0 Å². The molecule has 1 rings (SSSR count). The van der Waals surface area contributed by atoms with E-state index in [-0.39, 0.29) is 12.2 Å². The minimum absolute atomic E-state index is 0.100. The van der Waals surface area contributed by atoms with Crippen molar-refractivity contribution >= 4 is 5.97 Å². The van der Waals surface area contributed by atoms with Crippen molar-refractivity contribution < 1.29 is 13.9 Å². The summed E-state index contributed by atoms with van der Waals surface area (Å²) in [7, 11) is 0. The van der Waals surface area contributed by atoms with Gasteiger partial charge in [-0.25, -0.2) is 13.9 Å². The molecular weight excluding hydrogens is 249 g/mol. The maximum absolute atomic E-state index is 13.1. The molecule has 1 aromatic heterocycles. The number of halogens is 1. The van der Waals surface area contributed by atoms with Crippen LogP contribution in [0.2, 0.25) is 0 Å². The predicted octanol–water partition coefficient (Wildman–Crippen LogP) is 3.01. The first-order chi connectivity index (χ1) is 8.81. The van der Waals surface area contributed by atoms with E-state index < -0.39 is 17.7 Å². The summed E-state index contributed by atoms with van der Waals surface area (Å²) in [4.78, 5) is 11.6. The summed E-state index contributed by atoms with van der Waals surface area (Å²) in [6, 6.07) is 0. The van der Waals surface area contributed by atoms with Crippen LogP contribution in [0.5, 0.6) is 0 Å². The van der Waals surface area contributed by atoms with Gasteiger partial charge < -0.3 is 4.74 Å². The molecule has 0 spiro atoms. The van der Waals surface area contributed by atoms with E-state index in [1.807, 2.05) is 13.8 Å². The number of nitrogens with zero attached hydrogens (tertiary/aromatic N) is 3. The molecule has 1 heterocycles. The van der Waals surface area contributed by atoms with Crippen molar-refractivity contribution in [1.29, 1.82) is 0 Å². The van der Waals surface area contributed by atoms with Crippen molar-refractivity contribution in [2.45, 2.75) is 66.3 Å². The van der Waals surface area contributed by atoms with Crippen LogP contribution in [0.1, 0.15) is 58.5 Å². The first-order valence-corrected chi connectivity index (χ1v) is 6.59. The molecule has 0 radical (unpaired) electrons. The minimum Gasteiger partial charge on any atom is -0.455 e. The van der Waals surface area contributed by atoms with Gasteiger partial charge in [-0.3, -0.25) is 0 Å². The van der Waals surface area contributed by atoms with E-state index in [2.05, 4.69) is 10.3 Å². The number of ether oxygens (including phenoxy) is 1. The number of hydrogen-bond acceptors (Lipinski definition) is 4. The van der Waals surface area contributed by atoms with Gasteiger partial charge in [-0.05, 0) is 27.2 Å². The fraction of sp³-hybridized carbons (Fsp3) is 0.769. The van der Waals surface area contributed by atoms with Crippen LogP contribution in [0.3, 0.4) is 0 Å². The Bertz CT molecular complexity index is 385. The number of carbonyl (C=O) groups is 1. The zero-order chi connectivity index (χ0) is 15.1. The normalized spacial score (nSPS) is 12.4. The average molecular weight is 273 g/mol. The van der Waals surface area contributed by atoms with Crippen LogP contribution in [0, 0.1) is 0 Å². The van der Waals surface area contributed by atoms with Crippen molar-refractivity contribution in [1.82, 2.24) is 15.0 Å². The summed E-state index contributed by atoms with van der Waals surface area (Å²) in [6.45, 7) is 11.2. The highest BCUT2D eigenvalue weighted by Gasteiger charge is 2.20. The molecule has 0 bridgehead atoms. The van der Waals surface area contributed by atoms with Gasteiger partial charge in [0, 0.05) is 0 Å². The van der Waals surface area contributed by atoms with Gasteiger partial charge >= 0.3 is 5.97 Å². The number of esters is 1. The fourth-order valence-corrected chi connectivity index (χ4v) is 1.14. The lowest BCUT2D eigenvalue weighted by Gasteiger charge is -2.18. The lowest BCUT2D eigenvalue weighted by atomic mass is 10.2. The largest absolute Gasteiger partial charge is 0.455 e. The topological polar surface area (TPSA) is 57.0 Å². The quantitative estimate of drug-likeness (QED) is 0.791. The van der Waals surface area contributed by atoms with Crippen LogP contribution < -0.4 is 0 Å². The minimum atomic E-state index is -0.983. The number of hydrogen-bond donors (Lipinski definition) is 0. The Kier molecular flexibility index (Phi) is 7.26. The first kappa shape index (κ1) is 17.5.